The van der Waals surface area contributed by atoms with Crippen molar-refractivity contribution in [1.29, 1.82) is 0 Å². The standard InChI is InChI=1S/C22H37NO2.C2H6/c1-17(2)16-22(23-4)20-10-12-21(13-11-20)25-18(3)24-15-14-19-8-6-5-7-9-19;1-2/h10-13,17-19,22-23H,5-9,14-16H2,1-4H3;1-2H3. The van der Waals surface area contributed by atoms with E-state index in [2.05, 4.69) is 43.4 Å². The molecule has 0 amide bonds. The van der Waals surface area contributed by atoms with Crippen LogP contribution < -0.4 is 10.1 Å². The third kappa shape index (κ3) is 9.62. The molecule has 0 saturated heterocycles. The minimum atomic E-state index is -0.190. The van der Waals surface area contributed by atoms with Crippen molar-refractivity contribution in [3.8, 4) is 5.75 Å². The van der Waals surface area contributed by atoms with Gasteiger partial charge in [-0.15, -0.1) is 0 Å². The highest BCUT2D eigenvalue weighted by atomic mass is 16.7. The largest absolute Gasteiger partial charge is 0.465 e. The van der Waals surface area contributed by atoms with Gasteiger partial charge in [0, 0.05) is 6.04 Å². The Morgan fingerprint density at radius 1 is 1.00 bits per heavy atom. The van der Waals surface area contributed by atoms with E-state index < -0.39 is 0 Å². The molecule has 3 heteroatoms. The van der Waals surface area contributed by atoms with Crippen LogP contribution in [0.4, 0.5) is 0 Å². The van der Waals surface area contributed by atoms with Gasteiger partial charge in [0.15, 0.2) is 6.29 Å². The first-order chi connectivity index (χ1) is 13.1. The van der Waals surface area contributed by atoms with Crippen LogP contribution in [-0.4, -0.2) is 19.9 Å². The number of rotatable bonds is 10. The van der Waals surface area contributed by atoms with Gasteiger partial charge >= 0.3 is 0 Å². The molecule has 0 spiro atoms. The number of nitrogens with one attached hydrogen (secondary N) is 1. The maximum atomic E-state index is 5.91. The van der Waals surface area contributed by atoms with Gasteiger partial charge in [-0.3, -0.25) is 0 Å². The lowest BCUT2D eigenvalue weighted by Crippen LogP contribution is -2.20. The van der Waals surface area contributed by atoms with Crippen LogP contribution in [0.15, 0.2) is 24.3 Å². The molecule has 2 unspecified atom stereocenters. The molecule has 1 saturated carbocycles. The van der Waals surface area contributed by atoms with Crippen LogP contribution in [0.5, 0.6) is 5.75 Å². The fraction of sp³-hybridized carbons (Fsp3) is 0.750. The number of hydrogen-bond acceptors (Lipinski definition) is 3. The highest BCUT2D eigenvalue weighted by Crippen LogP contribution is 2.27. The summed E-state index contributed by atoms with van der Waals surface area (Å²) in [7, 11) is 2.03. The first-order valence-electron chi connectivity index (χ1n) is 11.1. The molecule has 0 heterocycles. The Kier molecular flexibility index (Phi) is 12.4. The molecule has 27 heavy (non-hydrogen) atoms. The summed E-state index contributed by atoms with van der Waals surface area (Å²) in [4.78, 5) is 0. The third-order valence-corrected chi connectivity index (χ3v) is 5.24. The molecule has 0 bridgehead atoms. The van der Waals surface area contributed by atoms with Crippen LogP contribution in [0.3, 0.4) is 0 Å². The van der Waals surface area contributed by atoms with Crippen molar-refractivity contribution in [2.45, 2.75) is 91.9 Å². The Bertz CT molecular complexity index is 466. The summed E-state index contributed by atoms with van der Waals surface area (Å²) in [6.45, 7) is 11.3. The molecule has 1 N–H and O–H groups in total. The van der Waals surface area contributed by atoms with E-state index in [1.54, 1.807) is 0 Å². The van der Waals surface area contributed by atoms with Crippen molar-refractivity contribution in [2.75, 3.05) is 13.7 Å². The highest BCUT2D eigenvalue weighted by molar-refractivity contribution is 5.29. The second-order valence-corrected chi connectivity index (χ2v) is 7.89. The fourth-order valence-corrected chi connectivity index (χ4v) is 3.77. The predicted molar refractivity (Wildman–Crippen MR) is 116 cm³/mol. The van der Waals surface area contributed by atoms with Crippen LogP contribution in [0.25, 0.3) is 0 Å². The van der Waals surface area contributed by atoms with Crippen LogP contribution >= 0.6 is 0 Å². The van der Waals surface area contributed by atoms with Gasteiger partial charge < -0.3 is 14.8 Å². The summed E-state index contributed by atoms with van der Waals surface area (Å²) in [5.74, 6) is 2.42. The first kappa shape index (κ1) is 24.0. The van der Waals surface area contributed by atoms with Gasteiger partial charge in [-0.25, -0.2) is 0 Å². The fourth-order valence-electron chi connectivity index (χ4n) is 3.77. The van der Waals surface area contributed by atoms with Gasteiger partial charge in [-0.05, 0) is 56.3 Å². The van der Waals surface area contributed by atoms with E-state index in [-0.39, 0.29) is 6.29 Å². The summed E-state index contributed by atoms with van der Waals surface area (Å²) in [6, 6.07) is 8.83. The molecular weight excluding hydrogens is 334 g/mol. The zero-order valence-electron chi connectivity index (χ0n) is 18.6. The molecule has 1 fully saturated rings. The van der Waals surface area contributed by atoms with E-state index in [4.69, 9.17) is 9.47 Å². The zero-order valence-corrected chi connectivity index (χ0v) is 18.6. The second-order valence-electron chi connectivity index (χ2n) is 7.89. The Balaban J connectivity index is 0.00000176. The second kappa shape index (κ2) is 14.0. The molecular formula is C24H43NO2. The van der Waals surface area contributed by atoms with Crippen molar-refractivity contribution >= 4 is 0 Å². The van der Waals surface area contributed by atoms with Crippen molar-refractivity contribution in [2.24, 2.45) is 11.8 Å². The van der Waals surface area contributed by atoms with Gasteiger partial charge in [0.05, 0.1) is 6.61 Å². The summed E-state index contributed by atoms with van der Waals surface area (Å²) < 4.78 is 11.8. The summed E-state index contributed by atoms with van der Waals surface area (Å²) in [5.41, 5.74) is 1.31. The monoisotopic (exact) mass is 377 g/mol. The highest BCUT2D eigenvalue weighted by Gasteiger charge is 2.14. The first-order valence-corrected chi connectivity index (χ1v) is 11.1. The third-order valence-electron chi connectivity index (χ3n) is 5.24. The van der Waals surface area contributed by atoms with Crippen LogP contribution in [-0.2, 0) is 4.74 Å². The average molecular weight is 378 g/mol. The maximum absolute atomic E-state index is 5.91. The van der Waals surface area contributed by atoms with Gasteiger partial charge in [0.1, 0.15) is 5.75 Å². The number of ether oxygens (including phenoxy) is 2. The molecule has 1 aromatic carbocycles. The Hall–Kier alpha value is -1.06. The van der Waals surface area contributed by atoms with E-state index >= 15 is 0 Å². The molecule has 0 aromatic heterocycles. The predicted octanol–water partition coefficient (Wildman–Crippen LogP) is 6.73. The smallest absolute Gasteiger partial charge is 0.196 e. The molecule has 3 nitrogen and oxygen atoms in total. The molecule has 1 aliphatic carbocycles. The van der Waals surface area contributed by atoms with Gasteiger partial charge in [-0.2, -0.15) is 0 Å². The van der Waals surface area contributed by atoms with E-state index in [1.807, 2.05) is 27.8 Å². The molecule has 2 rings (SSSR count). The lowest BCUT2D eigenvalue weighted by Gasteiger charge is -2.23. The average Bonchev–Trinajstić information content (AvgIpc) is 2.69. The summed E-state index contributed by atoms with van der Waals surface area (Å²) in [6.07, 6.45) is 9.08. The van der Waals surface area contributed by atoms with Gasteiger partial charge in [-0.1, -0.05) is 71.9 Å². The SMILES string of the molecule is CC.CNC(CC(C)C)c1ccc(OC(C)OCCC2CCCCC2)cc1. The number of hydrogen-bond donors (Lipinski definition) is 1. The quantitative estimate of drug-likeness (QED) is 0.458. The lowest BCUT2D eigenvalue weighted by molar-refractivity contribution is -0.0711. The van der Waals surface area contributed by atoms with E-state index in [0.29, 0.717) is 12.0 Å². The molecule has 1 aliphatic rings. The maximum Gasteiger partial charge on any atom is 0.196 e. The Morgan fingerprint density at radius 3 is 2.19 bits per heavy atom. The Labute approximate surface area is 168 Å². The van der Waals surface area contributed by atoms with Gasteiger partial charge in [0.25, 0.3) is 0 Å². The Morgan fingerprint density at radius 2 is 1.63 bits per heavy atom. The lowest BCUT2D eigenvalue weighted by atomic mass is 9.87. The van der Waals surface area contributed by atoms with E-state index in [1.165, 1.54) is 44.1 Å². The van der Waals surface area contributed by atoms with E-state index in [0.717, 1.165) is 24.7 Å². The van der Waals surface area contributed by atoms with Crippen molar-refractivity contribution in [3.63, 3.8) is 0 Å². The van der Waals surface area contributed by atoms with Crippen molar-refractivity contribution in [1.82, 2.24) is 5.32 Å². The van der Waals surface area contributed by atoms with Crippen LogP contribution in [0.1, 0.15) is 91.2 Å². The van der Waals surface area contributed by atoms with Crippen LogP contribution in [0.2, 0.25) is 0 Å². The molecule has 0 radical (unpaired) electrons. The van der Waals surface area contributed by atoms with Crippen molar-refractivity contribution in [3.05, 3.63) is 29.8 Å². The minimum absolute atomic E-state index is 0.190. The number of benzene rings is 1. The molecule has 0 aliphatic heterocycles. The van der Waals surface area contributed by atoms with Gasteiger partial charge in [0.2, 0.25) is 0 Å². The zero-order chi connectivity index (χ0) is 20.1. The summed E-state index contributed by atoms with van der Waals surface area (Å²) >= 11 is 0. The van der Waals surface area contributed by atoms with Crippen molar-refractivity contribution < 1.29 is 9.47 Å². The minimum Gasteiger partial charge on any atom is -0.465 e. The normalized spacial score (nSPS) is 17.1. The molecule has 156 valence electrons. The molecule has 2 atom stereocenters. The summed E-state index contributed by atoms with van der Waals surface area (Å²) in [5, 5.41) is 3.40. The topological polar surface area (TPSA) is 30.5 Å². The molecule has 1 aromatic rings. The van der Waals surface area contributed by atoms with E-state index in [9.17, 15) is 0 Å². The van der Waals surface area contributed by atoms with Crippen LogP contribution in [0, 0.1) is 11.8 Å².